The molecule has 29 heavy (non-hydrogen) atoms. The van der Waals surface area contributed by atoms with Crippen LogP contribution in [0.3, 0.4) is 0 Å². The van der Waals surface area contributed by atoms with E-state index in [4.69, 9.17) is 9.47 Å². The molecule has 2 aromatic rings. The van der Waals surface area contributed by atoms with Crippen molar-refractivity contribution in [2.75, 3.05) is 20.8 Å². The number of hydrogen-bond acceptors (Lipinski definition) is 4. The third-order valence-corrected chi connectivity index (χ3v) is 4.80. The summed E-state index contributed by atoms with van der Waals surface area (Å²) in [6.45, 7) is 3.90. The molecule has 0 unspecified atom stereocenters. The van der Waals surface area contributed by atoms with E-state index in [1.54, 1.807) is 32.4 Å². The molecule has 0 saturated heterocycles. The Morgan fingerprint density at radius 1 is 1.10 bits per heavy atom. The second-order valence-corrected chi connectivity index (χ2v) is 7.14. The smallest absolute Gasteiger partial charge is 0.191 e. The van der Waals surface area contributed by atoms with Crippen LogP contribution in [-0.4, -0.2) is 31.8 Å². The van der Waals surface area contributed by atoms with Gasteiger partial charge in [-0.3, -0.25) is 4.99 Å². The van der Waals surface area contributed by atoms with Crippen molar-refractivity contribution in [3.8, 4) is 17.2 Å². The largest absolute Gasteiger partial charge is 0.508 e. The van der Waals surface area contributed by atoms with E-state index in [1.807, 2.05) is 0 Å². The monoisotopic (exact) mass is 511 g/mol. The van der Waals surface area contributed by atoms with Gasteiger partial charge in [-0.05, 0) is 55.5 Å². The van der Waals surface area contributed by atoms with Gasteiger partial charge in [-0.1, -0.05) is 12.1 Å². The molecule has 3 N–H and O–H groups in total. The quantitative estimate of drug-likeness (QED) is 0.284. The average Bonchev–Trinajstić information content (AvgIpc) is 3.53. The van der Waals surface area contributed by atoms with E-state index in [9.17, 15) is 5.11 Å². The molecule has 1 saturated carbocycles. The van der Waals surface area contributed by atoms with E-state index < -0.39 is 0 Å². The average molecular weight is 511 g/mol. The van der Waals surface area contributed by atoms with Crippen LogP contribution in [0.25, 0.3) is 0 Å². The zero-order chi connectivity index (χ0) is 19.9. The van der Waals surface area contributed by atoms with E-state index in [0.717, 1.165) is 23.5 Å². The Morgan fingerprint density at radius 3 is 2.48 bits per heavy atom. The van der Waals surface area contributed by atoms with Gasteiger partial charge in [0.05, 0.1) is 13.7 Å². The highest BCUT2D eigenvalue weighted by Crippen LogP contribution is 2.30. The van der Waals surface area contributed by atoms with Gasteiger partial charge in [0.15, 0.2) is 5.96 Å². The summed E-state index contributed by atoms with van der Waals surface area (Å²) >= 11 is 0. The van der Waals surface area contributed by atoms with Crippen molar-refractivity contribution >= 4 is 29.9 Å². The van der Waals surface area contributed by atoms with Crippen LogP contribution in [0.5, 0.6) is 17.2 Å². The van der Waals surface area contributed by atoms with Crippen molar-refractivity contribution in [3.63, 3.8) is 0 Å². The fraction of sp³-hybridized carbons (Fsp3) is 0.409. The number of ether oxygens (including phenoxy) is 2. The van der Waals surface area contributed by atoms with Crippen LogP contribution in [0.2, 0.25) is 0 Å². The fourth-order valence-electron chi connectivity index (χ4n) is 2.84. The molecule has 0 bridgehead atoms. The van der Waals surface area contributed by atoms with Gasteiger partial charge < -0.3 is 25.2 Å². The van der Waals surface area contributed by atoms with Crippen molar-refractivity contribution in [1.82, 2.24) is 10.6 Å². The van der Waals surface area contributed by atoms with Crippen LogP contribution in [0.15, 0.2) is 41.4 Å². The van der Waals surface area contributed by atoms with Gasteiger partial charge in [0, 0.05) is 31.3 Å². The normalized spacial score (nSPS) is 13.4. The summed E-state index contributed by atoms with van der Waals surface area (Å²) in [4.78, 5) is 4.26. The summed E-state index contributed by atoms with van der Waals surface area (Å²) < 4.78 is 11.2. The highest BCUT2D eigenvalue weighted by molar-refractivity contribution is 14.0. The Kier molecular flexibility index (Phi) is 8.88. The minimum Gasteiger partial charge on any atom is -0.508 e. The van der Waals surface area contributed by atoms with Crippen molar-refractivity contribution in [1.29, 1.82) is 0 Å². The third-order valence-electron chi connectivity index (χ3n) is 4.80. The van der Waals surface area contributed by atoms with Crippen LogP contribution >= 0.6 is 24.0 Å². The standard InChI is InChI=1S/C22H29N3O3.HI/c1-15-4-7-17(21(10-15)28-14-16-5-6-16)12-24-22(23-2)25-13-18-11-19(27-3)8-9-20(18)26;/h4,7-11,16,26H,5-6,12-14H2,1-3H3,(H2,23,24,25);1H. The Labute approximate surface area is 189 Å². The van der Waals surface area contributed by atoms with Gasteiger partial charge in [0.1, 0.15) is 17.2 Å². The van der Waals surface area contributed by atoms with Gasteiger partial charge in [-0.25, -0.2) is 0 Å². The number of benzene rings is 2. The van der Waals surface area contributed by atoms with E-state index in [2.05, 4.69) is 40.7 Å². The van der Waals surface area contributed by atoms with Gasteiger partial charge in [0.25, 0.3) is 0 Å². The van der Waals surface area contributed by atoms with Gasteiger partial charge in [-0.15, -0.1) is 24.0 Å². The fourth-order valence-corrected chi connectivity index (χ4v) is 2.84. The summed E-state index contributed by atoms with van der Waals surface area (Å²) in [6.07, 6.45) is 2.54. The second-order valence-electron chi connectivity index (χ2n) is 7.14. The van der Waals surface area contributed by atoms with Crippen molar-refractivity contribution in [2.24, 2.45) is 10.9 Å². The molecule has 158 valence electrons. The zero-order valence-corrected chi connectivity index (χ0v) is 19.5. The highest BCUT2D eigenvalue weighted by atomic mass is 127. The number of guanidine groups is 1. The number of nitrogens with zero attached hydrogens (tertiary/aromatic N) is 1. The number of aliphatic imine (C=N–C) groups is 1. The Bertz CT molecular complexity index is 838. The molecular formula is C22H30IN3O3. The first-order valence-corrected chi connectivity index (χ1v) is 9.61. The number of phenolic OH excluding ortho intramolecular Hbond substituents is 1. The molecule has 6 nitrogen and oxygen atoms in total. The molecule has 1 aliphatic rings. The number of nitrogens with one attached hydrogen (secondary N) is 2. The lowest BCUT2D eigenvalue weighted by molar-refractivity contribution is 0.296. The van der Waals surface area contributed by atoms with Crippen molar-refractivity contribution in [2.45, 2.75) is 32.9 Å². The first-order chi connectivity index (χ1) is 13.6. The summed E-state index contributed by atoms with van der Waals surface area (Å²) in [5.74, 6) is 3.22. The number of halogens is 1. The van der Waals surface area contributed by atoms with Crippen molar-refractivity contribution < 1.29 is 14.6 Å². The Hall–Kier alpha value is -2.16. The maximum Gasteiger partial charge on any atom is 0.191 e. The van der Waals surface area contributed by atoms with E-state index >= 15 is 0 Å². The number of methoxy groups -OCH3 is 1. The summed E-state index contributed by atoms with van der Waals surface area (Å²) in [5.41, 5.74) is 3.02. The maximum atomic E-state index is 10.0. The highest BCUT2D eigenvalue weighted by Gasteiger charge is 2.22. The molecule has 7 heteroatoms. The number of aryl methyl sites for hydroxylation is 1. The molecule has 1 aliphatic carbocycles. The minimum absolute atomic E-state index is 0. The predicted molar refractivity (Wildman–Crippen MR) is 127 cm³/mol. The molecule has 0 atom stereocenters. The molecular weight excluding hydrogens is 481 g/mol. The maximum absolute atomic E-state index is 10.0. The number of aromatic hydroxyl groups is 1. The van der Waals surface area contributed by atoms with Crippen LogP contribution < -0.4 is 20.1 Å². The molecule has 0 radical (unpaired) electrons. The van der Waals surface area contributed by atoms with Gasteiger partial charge in [-0.2, -0.15) is 0 Å². The zero-order valence-electron chi connectivity index (χ0n) is 17.2. The topological polar surface area (TPSA) is 75.1 Å². The van der Waals surface area contributed by atoms with Crippen LogP contribution in [0.1, 0.15) is 29.5 Å². The SMILES string of the molecule is CN=C(NCc1cc(OC)ccc1O)NCc1ccc(C)cc1OCC1CC1.I. The summed E-state index contributed by atoms with van der Waals surface area (Å²) in [7, 11) is 3.33. The van der Waals surface area contributed by atoms with Crippen LogP contribution in [0, 0.1) is 12.8 Å². The van der Waals surface area contributed by atoms with Crippen LogP contribution in [-0.2, 0) is 13.1 Å². The van der Waals surface area contributed by atoms with Gasteiger partial charge >= 0.3 is 0 Å². The summed E-state index contributed by atoms with van der Waals surface area (Å²) in [6, 6.07) is 11.4. The lowest BCUT2D eigenvalue weighted by atomic mass is 10.1. The Morgan fingerprint density at radius 2 is 1.83 bits per heavy atom. The third kappa shape index (κ3) is 6.99. The molecule has 0 aliphatic heterocycles. The molecule has 2 aromatic carbocycles. The van der Waals surface area contributed by atoms with Crippen molar-refractivity contribution in [3.05, 3.63) is 53.1 Å². The molecule has 0 aromatic heterocycles. The second kappa shape index (κ2) is 11.1. The van der Waals surface area contributed by atoms with E-state index in [-0.39, 0.29) is 29.7 Å². The molecule has 3 rings (SSSR count). The molecule has 1 fully saturated rings. The summed E-state index contributed by atoms with van der Waals surface area (Å²) in [5, 5.41) is 16.6. The molecule has 0 amide bonds. The first kappa shape index (κ1) is 23.1. The number of phenols is 1. The van der Waals surface area contributed by atoms with Gasteiger partial charge in [0.2, 0.25) is 0 Å². The first-order valence-electron chi connectivity index (χ1n) is 9.61. The molecule has 0 spiro atoms. The predicted octanol–water partition coefficient (Wildman–Crippen LogP) is 3.98. The minimum atomic E-state index is 0. The van der Waals surface area contributed by atoms with Crippen LogP contribution in [0.4, 0.5) is 0 Å². The molecule has 0 heterocycles. The lowest BCUT2D eigenvalue weighted by Gasteiger charge is -2.16. The lowest BCUT2D eigenvalue weighted by Crippen LogP contribution is -2.36. The Balaban J connectivity index is 0.00000300. The number of rotatable bonds is 8. The van der Waals surface area contributed by atoms with E-state index in [0.29, 0.717) is 30.7 Å². The number of hydrogen-bond donors (Lipinski definition) is 3. The van der Waals surface area contributed by atoms with E-state index in [1.165, 1.54) is 18.4 Å².